The largest absolute Gasteiger partial charge is 0.360 e. The van der Waals surface area contributed by atoms with Gasteiger partial charge in [-0.15, -0.1) is 0 Å². The first-order valence-electron chi connectivity index (χ1n) is 7.76. The molecule has 2 N–H and O–H groups in total. The number of rotatable bonds is 5. The molecule has 0 spiro atoms. The topological polar surface area (TPSA) is 39.8 Å². The van der Waals surface area contributed by atoms with Crippen LogP contribution in [0.2, 0.25) is 0 Å². The lowest BCUT2D eigenvalue weighted by molar-refractivity contribution is 0.356. The van der Waals surface area contributed by atoms with E-state index in [1.54, 1.807) is 0 Å². The van der Waals surface area contributed by atoms with Crippen LogP contribution in [0.25, 0.3) is 0 Å². The minimum absolute atomic E-state index is 0.588. The fraction of sp³-hybridized carbons (Fsp3) is 0.235. The predicted molar refractivity (Wildman–Crippen MR) is 107 cm³/mol. The normalized spacial score (nSPS) is 13.8. The molecular formula is C17H21N4OPS. The third-order valence-corrected chi connectivity index (χ3v) is 5.84. The Morgan fingerprint density at radius 3 is 2.21 bits per heavy atom. The zero-order chi connectivity index (χ0) is 16.9. The van der Waals surface area contributed by atoms with Crippen LogP contribution in [0.5, 0.6) is 0 Å². The lowest BCUT2D eigenvalue weighted by atomic mass is 10.3. The van der Waals surface area contributed by atoms with Crippen molar-refractivity contribution >= 4 is 42.8 Å². The Bertz CT molecular complexity index is 671. The Morgan fingerprint density at radius 1 is 1.00 bits per heavy atom. The van der Waals surface area contributed by atoms with Crippen molar-refractivity contribution in [2.24, 2.45) is 0 Å². The van der Waals surface area contributed by atoms with Gasteiger partial charge in [0.15, 0.2) is 5.11 Å². The average molecular weight is 360 g/mol. The molecule has 0 saturated heterocycles. The van der Waals surface area contributed by atoms with Crippen LogP contribution in [-0.4, -0.2) is 32.4 Å². The van der Waals surface area contributed by atoms with Crippen molar-refractivity contribution in [2.75, 3.05) is 41.9 Å². The molecule has 0 fully saturated rings. The maximum absolute atomic E-state index is 6.08. The maximum Gasteiger partial charge on any atom is 0.248 e. The second-order valence-electron chi connectivity index (χ2n) is 5.37. The Kier molecular flexibility index (Phi) is 5.51. The molecule has 0 bridgehead atoms. The van der Waals surface area contributed by atoms with Crippen LogP contribution in [0.1, 0.15) is 0 Å². The molecule has 3 rings (SSSR count). The number of para-hydroxylation sites is 3. The Morgan fingerprint density at radius 2 is 1.58 bits per heavy atom. The summed E-state index contributed by atoms with van der Waals surface area (Å²) in [6.45, 7) is 1.25. The molecule has 24 heavy (non-hydrogen) atoms. The molecule has 0 unspecified atom stereocenters. The van der Waals surface area contributed by atoms with Gasteiger partial charge < -0.3 is 24.5 Å². The van der Waals surface area contributed by atoms with Crippen molar-refractivity contribution in [3.63, 3.8) is 0 Å². The van der Waals surface area contributed by atoms with Gasteiger partial charge in [-0.1, -0.05) is 30.3 Å². The monoisotopic (exact) mass is 360 g/mol. The van der Waals surface area contributed by atoms with Gasteiger partial charge in [0.25, 0.3) is 0 Å². The summed E-state index contributed by atoms with van der Waals surface area (Å²) >= 11 is 5.29. The van der Waals surface area contributed by atoms with Crippen LogP contribution >= 0.6 is 20.7 Å². The highest BCUT2D eigenvalue weighted by atomic mass is 32.1. The molecule has 1 aliphatic rings. The quantitative estimate of drug-likeness (QED) is 0.480. The molecule has 7 heteroatoms. The van der Waals surface area contributed by atoms with E-state index in [0.717, 1.165) is 5.69 Å². The molecule has 0 saturated carbocycles. The van der Waals surface area contributed by atoms with Crippen LogP contribution in [0.3, 0.4) is 0 Å². The summed E-state index contributed by atoms with van der Waals surface area (Å²) in [4.78, 5) is 0. The third kappa shape index (κ3) is 3.78. The van der Waals surface area contributed by atoms with Crippen molar-refractivity contribution in [3.05, 3.63) is 54.6 Å². The van der Waals surface area contributed by atoms with E-state index in [1.807, 2.05) is 30.3 Å². The molecule has 2 aromatic carbocycles. The Balaban J connectivity index is 1.43. The summed E-state index contributed by atoms with van der Waals surface area (Å²) in [5.74, 6) is 0. The van der Waals surface area contributed by atoms with Crippen LogP contribution < -0.4 is 20.0 Å². The highest BCUT2D eigenvalue weighted by molar-refractivity contribution is 7.80. The fourth-order valence-corrected chi connectivity index (χ4v) is 4.49. The van der Waals surface area contributed by atoms with Gasteiger partial charge in [0, 0.05) is 26.3 Å². The van der Waals surface area contributed by atoms with Crippen LogP contribution in [0.4, 0.5) is 17.1 Å². The van der Waals surface area contributed by atoms with Gasteiger partial charge >= 0.3 is 0 Å². The number of thiocarbonyl (C=S) groups is 1. The van der Waals surface area contributed by atoms with E-state index in [4.69, 9.17) is 16.7 Å². The van der Waals surface area contributed by atoms with E-state index in [0.29, 0.717) is 18.3 Å². The lowest BCUT2D eigenvalue weighted by Gasteiger charge is -2.25. The number of hydrogen-bond acceptors (Lipinski definition) is 4. The predicted octanol–water partition coefficient (Wildman–Crippen LogP) is 3.80. The highest BCUT2D eigenvalue weighted by Crippen LogP contribution is 2.57. The van der Waals surface area contributed by atoms with E-state index in [-0.39, 0.29) is 0 Å². The number of nitrogens with one attached hydrogen (secondary N) is 2. The molecule has 0 radical (unpaired) electrons. The minimum Gasteiger partial charge on any atom is -0.360 e. The molecule has 0 aliphatic carbocycles. The molecule has 126 valence electrons. The van der Waals surface area contributed by atoms with E-state index < -0.39 is 8.45 Å². The standard InChI is InChI=1S/C17H21N4OPS/c1-20-15-10-6-7-11-16(15)21(2)23(20)22-13-12-18-17(24)19-14-8-4-3-5-9-14/h3-11H,12-13H2,1-2H3,(H2,18,19,24). The molecule has 5 nitrogen and oxygen atoms in total. The maximum atomic E-state index is 6.08. The van der Waals surface area contributed by atoms with Crippen LogP contribution in [0.15, 0.2) is 54.6 Å². The van der Waals surface area contributed by atoms with Gasteiger partial charge in [0.05, 0.1) is 18.0 Å². The van der Waals surface area contributed by atoms with Crippen molar-refractivity contribution in [1.29, 1.82) is 0 Å². The molecule has 0 atom stereocenters. The third-order valence-electron chi connectivity index (χ3n) is 3.72. The first-order valence-corrected chi connectivity index (χ1v) is 9.33. The zero-order valence-corrected chi connectivity index (χ0v) is 15.5. The van der Waals surface area contributed by atoms with E-state index in [2.05, 4.69) is 58.3 Å². The Hall–Kier alpha value is -1.88. The first kappa shape index (κ1) is 17.0. The minimum atomic E-state index is -0.810. The van der Waals surface area contributed by atoms with E-state index in [1.165, 1.54) is 11.4 Å². The lowest BCUT2D eigenvalue weighted by Crippen LogP contribution is -2.31. The summed E-state index contributed by atoms with van der Waals surface area (Å²) < 4.78 is 10.5. The highest BCUT2D eigenvalue weighted by Gasteiger charge is 2.32. The van der Waals surface area contributed by atoms with Gasteiger partial charge in [0.1, 0.15) is 0 Å². The number of fused-ring (bicyclic) bond motifs is 1. The summed E-state index contributed by atoms with van der Waals surface area (Å²) in [7, 11) is 3.33. The van der Waals surface area contributed by atoms with Crippen molar-refractivity contribution in [3.8, 4) is 0 Å². The summed E-state index contributed by atoms with van der Waals surface area (Å²) in [6, 6.07) is 18.2. The van der Waals surface area contributed by atoms with Gasteiger partial charge in [-0.3, -0.25) is 0 Å². The number of anilines is 3. The van der Waals surface area contributed by atoms with Gasteiger partial charge in [-0.2, -0.15) is 0 Å². The van der Waals surface area contributed by atoms with Crippen LogP contribution in [0, 0.1) is 0 Å². The van der Waals surface area contributed by atoms with E-state index in [9.17, 15) is 0 Å². The molecule has 0 aromatic heterocycles. The molecular weight excluding hydrogens is 339 g/mol. The van der Waals surface area contributed by atoms with Crippen LogP contribution in [-0.2, 0) is 4.52 Å². The Labute approximate surface area is 149 Å². The summed E-state index contributed by atoms with van der Waals surface area (Å²) in [5, 5.41) is 6.93. The van der Waals surface area contributed by atoms with Gasteiger partial charge in [0.2, 0.25) is 8.45 Å². The summed E-state index contributed by atoms with van der Waals surface area (Å²) in [6.07, 6.45) is 0. The molecule has 1 heterocycles. The molecule has 2 aromatic rings. The number of nitrogens with zero attached hydrogens (tertiary/aromatic N) is 2. The van der Waals surface area contributed by atoms with Crippen molar-refractivity contribution in [2.45, 2.75) is 0 Å². The molecule has 0 amide bonds. The second-order valence-corrected chi connectivity index (χ2v) is 7.74. The first-order chi connectivity index (χ1) is 11.7. The van der Waals surface area contributed by atoms with Gasteiger partial charge in [-0.05, 0) is 36.5 Å². The fourth-order valence-electron chi connectivity index (χ4n) is 2.56. The van der Waals surface area contributed by atoms with E-state index >= 15 is 0 Å². The zero-order valence-electron chi connectivity index (χ0n) is 13.8. The van der Waals surface area contributed by atoms with Crippen molar-refractivity contribution < 1.29 is 4.52 Å². The SMILES string of the molecule is CN1c2ccccc2N(C)P1OCCNC(=S)Nc1ccccc1. The summed E-state index contributed by atoms with van der Waals surface area (Å²) in [5.41, 5.74) is 3.40. The number of benzene rings is 2. The number of hydrogen-bond donors (Lipinski definition) is 2. The average Bonchev–Trinajstić information content (AvgIpc) is 2.84. The van der Waals surface area contributed by atoms with Crippen molar-refractivity contribution in [1.82, 2.24) is 5.32 Å². The smallest absolute Gasteiger partial charge is 0.248 e. The molecule has 1 aliphatic heterocycles. The van der Waals surface area contributed by atoms with Gasteiger partial charge in [-0.25, -0.2) is 0 Å². The second kappa shape index (κ2) is 7.79.